The summed E-state index contributed by atoms with van der Waals surface area (Å²) in [6, 6.07) is -0.640. The van der Waals surface area contributed by atoms with Gasteiger partial charge in [0.2, 0.25) is 5.91 Å². The predicted octanol–water partition coefficient (Wildman–Crippen LogP) is 11.5. The van der Waals surface area contributed by atoms with Crippen molar-refractivity contribution in [2.24, 2.45) is 0 Å². The first-order valence-corrected chi connectivity index (χ1v) is 19.2. The first kappa shape index (κ1) is 42.6. The molecule has 0 spiro atoms. The van der Waals surface area contributed by atoms with Crippen LogP contribution in [-0.2, 0) is 4.79 Å². The molecule has 0 saturated heterocycles. The molecule has 258 valence electrons. The van der Waals surface area contributed by atoms with Gasteiger partial charge in [-0.05, 0) is 38.5 Å². The van der Waals surface area contributed by atoms with E-state index >= 15 is 0 Å². The van der Waals surface area contributed by atoms with Crippen molar-refractivity contribution in [2.75, 3.05) is 6.61 Å². The largest absolute Gasteiger partial charge is 0.394 e. The zero-order valence-electron chi connectivity index (χ0n) is 29.4. The molecule has 0 aromatic rings. The monoisotopic (exact) mass is 618 g/mol. The Morgan fingerprint density at radius 1 is 0.523 bits per heavy atom. The van der Waals surface area contributed by atoms with Crippen LogP contribution in [0.5, 0.6) is 0 Å². The molecule has 0 heterocycles. The molecule has 3 N–H and O–H groups in total. The molecule has 0 fully saturated rings. The van der Waals surface area contributed by atoms with Gasteiger partial charge in [-0.2, -0.15) is 0 Å². The molecule has 0 aliphatic carbocycles. The quantitative estimate of drug-likeness (QED) is 0.0497. The first-order chi connectivity index (χ1) is 21.7. The summed E-state index contributed by atoms with van der Waals surface area (Å²) in [5.74, 6) is -0.0782. The normalized spacial score (nSPS) is 13.5. The molecule has 0 aromatic carbocycles. The molecule has 44 heavy (non-hydrogen) atoms. The highest BCUT2D eigenvalue weighted by atomic mass is 16.3. The highest BCUT2D eigenvalue weighted by Crippen LogP contribution is 2.15. The molecule has 0 saturated carbocycles. The minimum Gasteiger partial charge on any atom is -0.394 e. The summed E-state index contributed by atoms with van der Waals surface area (Å²) in [6.45, 7) is 4.24. The van der Waals surface area contributed by atoms with Crippen molar-refractivity contribution >= 4 is 5.91 Å². The van der Waals surface area contributed by atoms with Gasteiger partial charge in [0.25, 0.3) is 0 Å². The number of aliphatic hydroxyl groups excluding tert-OH is 2. The van der Waals surface area contributed by atoms with Crippen LogP contribution >= 0.6 is 0 Å². The Balaban J connectivity index is 3.59. The third-order valence-electron chi connectivity index (χ3n) is 8.60. The van der Waals surface area contributed by atoms with E-state index in [1.165, 1.54) is 135 Å². The smallest absolute Gasteiger partial charge is 0.220 e. The maximum absolute atomic E-state index is 12.3. The minimum atomic E-state index is -0.865. The molecular weight excluding hydrogens is 542 g/mol. The number of unbranched alkanes of at least 4 members (excludes halogenated alkanes) is 23. The van der Waals surface area contributed by atoms with E-state index in [1.54, 1.807) is 6.08 Å². The SMILES string of the molecule is CCCC/C=C/CC/C=C/CC/C=C/C(O)C(CO)NC(=O)CCCCCCCCCCCCCCCCCCCCCC. The van der Waals surface area contributed by atoms with Crippen molar-refractivity contribution in [2.45, 2.75) is 206 Å². The fraction of sp³-hybridized carbons (Fsp3) is 0.825. The zero-order chi connectivity index (χ0) is 32.2. The van der Waals surface area contributed by atoms with Crippen LogP contribution in [0.2, 0.25) is 0 Å². The third kappa shape index (κ3) is 32.0. The van der Waals surface area contributed by atoms with Gasteiger partial charge in [0.15, 0.2) is 0 Å². The van der Waals surface area contributed by atoms with E-state index in [4.69, 9.17) is 0 Å². The Hall–Kier alpha value is -1.39. The highest BCUT2D eigenvalue weighted by molar-refractivity contribution is 5.76. The number of hydrogen-bond donors (Lipinski definition) is 3. The molecule has 4 nitrogen and oxygen atoms in total. The Kier molecular flexibility index (Phi) is 34.9. The summed E-state index contributed by atoms with van der Waals surface area (Å²) >= 11 is 0. The summed E-state index contributed by atoms with van der Waals surface area (Å²) in [5.41, 5.74) is 0. The Morgan fingerprint density at radius 3 is 1.30 bits per heavy atom. The number of rotatable bonds is 34. The van der Waals surface area contributed by atoms with Gasteiger partial charge in [0.05, 0.1) is 18.8 Å². The standard InChI is InChI=1S/C40H75NO3/c1-3-5-7-9-11-13-15-17-18-19-20-21-22-23-24-26-28-30-32-34-36-40(44)41-38(37-42)39(43)35-33-31-29-27-25-16-14-12-10-8-6-4-2/h10,12,25,27,33,35,38-39,42-43H,3-9,11,13-24,26,28-32,34,36-37H2,1-2H3,(H,41,44)/b12-10+,27-25+,35-33+. The van der Waals surface area contributed by atoms with Gasteiger partial charge in [-0.15, -0.1) is 0 Å². The number of aliphatic hydroxyl groups is 2. The number of hydrogen-bond acceptors (Lipinski definition) is 3. The van der Waals surface area contributed by atoms with Crippen LogP contribution < -0.4 is 5.32 Å². The molecule has 2 atom stereocenters. The second-order valence-electron chi connectivity index (χ2n) is 13.0. The lowest BCUT2D eigenvalue weighted by atomic mass is 10.0. The van der Waals surface area contributed by atoms with Crippen molar-refractivity contribution in [3.05, 3.63) is 36.5 Å². The molecule has 0 bridgehead atoms. The fourth-order valence-corrected chi connectivity index (χ4v) is 5.61. The summed E-state index contributed by atoms with van der Waals surface area (Å²) < 4.78 is 0. The summed E-state index contributed by atoms with van der Waals surface area (Å²) in [6.07, 6.45) is 46.7. The van der Waals surface area contributed by atoms with Crippen molar-refractivity contribution < 1.29 is 15.0 Å². The van der Waals surface area contributed by atoms with Crippen LogP contribution in [0.15, 0.2) is 36.5 Å². The van der Waals surface area contributed by atoms with E-state index in [9.17, 15) is 15.0 Å². The molecule has 1 amide bonds. The fourth-order valence-electron chi connectivity index (χ4n) is 5.61. The average Bonchev–Trinajstić information content (AvgIpc) is 3.03. The van der Waals surface area contributed by atoms with Gasteiger partial charge in [0.1, 0.15) is 0 Å². The van der Waals surface area contributed by atoms with E-state index in [1.807, 2.05) is 6.08 Å². The van der Waals surface area contributed by atoms with Crippen molar-refractivity contribution in [3.63, 3.8) is 0 Å². The van der Waals surface area contributed by atoms with Gasteiger partial charge in [-0.25, -0.2) is 0 Å². The van der Waals surface area contributed by atoms with Gasteiger partial charge < -0.3 is 15.5 Å². The predicted molar refractivity (Wildman–Crippen MR) is 193 cm³/mol. The van der Waals surface area contributed by atoms with E-state index in [0.29, 0.717) is 6.42 Å². The number of amides is 1. The molecule has 2 unspecified atom stereocenters. The van der Waals surface area contributed by atoms with Crippen LogP contribution in [-0.4, -0.2) is 34.9 Å². The van der Waals surface area contributed by atoms with Crippen molar-refractivity contribution in [3.8, 4) is 0 Å². The Labute approximate surface area is 274 Å². The summed E-state index contributed by atoms with van der Waals surface area (Å²) in [5, 5.41) is 22.8. The zero-order valence-corrected chi connectivity index (χ0v) is 29.4. The molecule has 0 rings (SSSR count). The summed E-state index contributed by atoms with van der Waals surface area (Å²) in [4.78, 5) is 12.3. The second-order valence-corrected chi connectivity index (χ2v) is 13.0. The lowest BCUT2D eigenvalue weighted by Gasteiger charge is -2.19. The molecular formula is C40H75NO3. The molecule has 0 aromatic heterocycles. The Morgan fingerprint density at radius 2 is 0.886 bits per heavy atom. The summed E-state index contributed by atoms with van der Waals surface area (Å²) in [7, 11) is 0. The van der Waals surface area contributed by atoms with Crippen LogP contribution in [0, 0.1) is 0 Å². The molecule has 4 heteroatoms. The first-order valence-electron chi connectivity index (χ1n) is 19.2. The lowest BCUT2D eigenvalue weighted by Crippen LogP contribution is -2.45. The Bertz CT molecular complexity index is 672. The molecule has 0 aliphatic heterocycles. The van der Waals surface area contributed by atoms with Gasteiger partial charge >= 0.3 is 0 Å². The molecule has 0 aliphatic rings. The van der Waals surface area contributed by atoms with Crippen LogP contribution in [0.3, 0.4) is 0 Å². The van der Waals surface area contributed by atoms with Crippen LogP contribution in [0.25, 0.3) is 0 Å². The number of allylic oxidation sites excluding steroid dienone is 5. The topological polar surface area (TPSA) is 69.6 Å². The maximum Gasteiger partial charge on any atom is 0.220 e. The number of nitrogens with one attached hydrogen (secondary N) is 1. The van der Waals surface area contributed by atoms with E-state index in [0.717, 1.165) is 38.5 Å². The number of carbonyl (C=O) groups excluding carboxylic acids is 1. The van der Waals surface area contributed by atoms with E-state index in [-0.39, 0.29) is 12.5 Å². The van der Waals surface area contributed by atoms with Gasteiger partial charge in [-0.3, -0.25) is 4.79 Å². The van der Waals surface area contributed by atoms with Crippen molar-refractivity contribution in [1.29, 1.82) is 0 Å². The highest BCUT2D eigenvalue weighted by Gasteiger charge is 2.17. The van der Waals surface area contributed by atoms with E-state index in [2.05, 4.69) is 43.5 Å². The minimum absolute atomic E-state index is 0.0782. The lowest BCUT2D eigenvalue weighted by molar-refractivity contribution is -0.123. The van der Waals surface area contributed by atoms with Crippen molar-refractivity contribution in [1.82, 2.24) is 5.32 Å². The molecule has 0 radical (unpaired) electrons. The third-order valence-corrected chi connectivity index (χ3v) is 8.60. The maximum atomic E-state index is 12.3. The van der Waals surface area contributed by atoms with E-state index < -0.39 is 12.1 Å². The van der Waals surface area contributed by atoms with Gasteiger partial charge in [0, 0.05) is 6.42 Å². The van der Waals surface area contributed by atoms with Crippen LogP contribution in [0.4, 0.5) is 0 Å². The average molecular weight is 618 g/mol. The number of carbonyl (C=O) groups is 1. The van der Waals surface area contributed by atoms with Gasteiger partial charge in [-0.1, -0.05) is 185 Å². The second kappa shape index (κ2) is 36.1. The van der Waals surface area contributed by atoms with Crippen LogP contribution in [0.1, 0.15) is 194 Å².